The molecule has 0 bridgehead atoms. The molecular formula is C7H13N3OS. The molecule has 0 rings (SSSR count). The molecule has 12 heavy (non-hydrogen) atoms. The standard InChI is InChI=1S/C7H13N3OS/c1-6(4-9)12-5-7(11)10-3-2-8/h6H,3-5,9H2,1H3,(H,10,11). The second-order valence-corrected chi connectivity index (χ2v) is 3.72. The SMILES string of the molecule is CC(CN)SCC(=O)NCC#N. The van der Waals surface area contributed by atoms with Gasteiger partial charge in [0.05, 0.1) is 11.8 Å². The molecule has 4 nitrogen and oxygen atoms in total. The number of carbonyl (C=O) groups excluding carboxylic acids is 1. The van der Waals surface area contributed by atoms with Gasteiger partial charge >= 0.3 is 0 Å². The normalized spacial score (nSPS) is 11.8. The van der Waals surface area contributed by atoms with E-state index in [0.717, 1.165) is 0 Å². The van der Waals surface area contributed by atoms with Crippen molar-refractivity contribution in [3.05, 3.63) is 0 Å². The van der Waals surface area contributed by atoms with Crippen molar-refractivity contribution in [1.82, 2.24) is 5.32 Å². The highest BCUT2D eigenvalue weighted by Gasteiger charge is 2.04. The lowest BCUT2D eigenvalue weighted by Gasteiger charge is -2.06. The van der Waals surface area contributed by atoms with Gasteiger partial charge < -0.3 is 11.1 Å². The van der Waals surface area contributed by atoms with Crippen molar-refractivity contribution in [3.63, 3.8) is 0 Å². The fourth-order valence-corrected chi connectivity index (χ4v) is 1.15. The Balaban J connectivity index is 3.38. The van der Waals surface area contributed by atoms with Crippen LogP contribution in [0.3, 0.4) is 0 Å². The smallest absolute Gasteiger partial charge is 0.230 e. The minimum atomic E-state index is -0.109. The summed E-state index contributed by atoms with van der Waals surface area (Å²) in [5.41, 5.74) is 5.35. The van der Waals surface area contributed by atoms with Crippen LogP contribution in [0.4, 0.5) is 0 Å². The molecule has 1 amide bonds. The van der Waals surface area contributed by atoms with Crippen molar-refractivity contribution in [1.29, 1.82) is 5.26 Å². The monoisotopic (exact) mass is 187 g/mol. The van der Waals surface area contributed by atoms with E-state index in [1.54, 1.807) is 0 Å². The summed E-state index contributed by atoms with van der Waals surface area (Å²) in [5.74, 6) is 0.266. The van der Waals surface area contributed by atoms with Crippen LogP contribution in [0.15, 0.2) is 0 Å². The van der Waals surface area contributed by atoms with Gasteiger partial charge in [-0.15, -0.1) is 11.8 Å². The summed E-state index contributed by atoms with van der Waals surface area (Å²) in [7, 11) is 0. The van der Waals surface area contributed by atoms with E-state index in [1.165, 1.54) is 11.8 Å². The molecule has 0 aliphatic rings. The zero-order chi connectivity index (χ0) is 9.40. The van der Waals surface area contributed by atoms with Gasteiger partial charge in [-0.25, -0.2) is 0 Å². The average Bonchev–Trinajstić information content (AvgIpc) is 2.10. The molecule has 0 heterocycles. The third-order valence-electron chi connectivity index (χ3n) is 1.20. The molecule has 0 aromatic rings. The van der Waals surface area contributed by atoms with E-state index in [1.807, 2.05) is 13.0 Å². The van der Waals surface area contributed by atoms with Crippen LogP contribution in [-0.4, -0.2) is 30.0 Å². The number of nitrogens with one attached hydrogen (secondary N) is 1. The fraction of sp³-hybridized carbons (Fsp3) is 0.714. The number of amides is 1. The van der Waals surface area contributed by atoms with Crippen LogP contribution >= 0.6 is 11.8 Å². The molecule has 1 unspecified atom stereocenters. The summed E-state index contributed by atoms with van der Waals surface area (Å²) < 4.78 is 0. The summed E-state index contributed by atoms with van der Waals surface area (Å²) in [6.07, 6.45) is 0. The van der Waals surface area contributed by atoms with Gasteiger partial charge in [0.15, 0.2) is 0 Å². The van der Waals surface area contributed by atoms with Gasteiger partial charge in [0, 0.05) is 11.8 Å². The molecule has 0 aromatic heterocycles. The number of carbonyl (C=O) groups is 1. The van der Waals surface area contributed by atoms with Gasteiger partial charge in [-0.1, -0.05) is 6.92 Å². The van der Waals surface area contributed by atoms with Gasteiger partial charge in [-0.3, -0.25) is 4.79 Å². The first-order valence-corrected chi connectivity index (χ1v) is 4.71. The topological polar surface area (TPSA) is 78.9 Å². The van der Waals surface area contributed by atoms with Gasteiger partial charge in [-0.2, -0.15) is 5.26 Å². The second kappa shape index (κ2) is 6.95. The Morgan fingerprint density at radius 2 is 2.50 bits per heavy atom. The third kappa shape index (κ3) is 6.01. The second-order valence-electron chi connectivity index (χ2n) is 2.29. The van der Waals surface area contributed by atoms with Gasteiger partial charge in [-0.05, 0) is 0 Å². The number of nitrogens with zero attached hydrogens (tertiary/aromatic N) is 1. The van der Waals surface area contributed by atoms with E-state index < -0.39 is 0 Å². The third-order valence-corrected chi connectivity index (χ3v) is 2.39. The lowest BCUT2D eigenvalue weighted by Crippen LogP contribution is -2.26. The molecule has 3 N–H and O–H groups in total. The lowest BCUT2D eigenvalue weighted by molar-refractivity contribution is -0.118. The zero-order valence-electron chi connectivity index (χ0n) is 7.04. The minimum absolute atomic E-state index is 0.0798. The minimum Gasteiger partial charge on any atom is -0.342 e. The number of hydrogen-bond donors (Lipinski definition) is 2. The van der Waals surface area contributed by atoms with Gasteiger partial charge in [0.2, 0.25) is 5.91 Å². The van der Waals surface area contributed by atoms with E-state index in [0.29, 0.717) is 12.3 Å². The number of nitrogens with two attached hydrogens (primary N) is 1. The van der Waals surface area contributed by atoms with Crippen LogP contribution < -0.4 is 11.1 Å². The molecule has 0 aliphatic heterocycles. The van der Waals surface area contributed by atoms with Crippen LogP contribution in [0, 0.1) is 11.3 Å². The van der Waals surface area contributed by atoms with Crippen LogP contribution in [0.5, 0.6) is 0 Å². The summed E-state index contributed by atoms with van der Waals surface area (Å²) in [6.45, 7) is 2.61. The molecule has 0 saturated heterocycles. The Morgan fingerprint density at radius 3 is 3.00 bits per heavy atom. The van der Waals surface area contributed by atoms with Crippen LogP contribution in [0.2, 0.25) is 0 Å². The molecule has 1 atom stereocenters. The van der Waals surface area contributed by atoms with Gasteiger partial charge in [0.25, 0.3) is 0 Å². The predicted molar refractivity (Wildman–Crippen MR) is 49.6 cm³/mol. The Labute approximate surface area is 76.5 Å². The fourth-order valence-electron chi connectivity index (χ4n) is 0.475. The Kier molecular flexibility index (Phi) is 6.53. The molecular weight excluding hydrogens is 174 g/mol. The molecule has 0 fully saturated rings. The van der Waals surface area contributed by atoms with Crippen LogP contribution in [0.1, 0.15) is 6.92 Å². The predicted octanol–water partition coefficient (Wildman–Crippen LogP) is -0.293. The lowest BCUT2D eigenvalue weighted by atomic mass is 10.5. The summed E-state index contributed by atoms with van der Waals surface area (Å²) in [5, 5.41) is 10.9. The summed E-state index contributed by atoms with van der Waals surface area (Å²) >= 11 is 1.49. The van der Waals surface area contributed by atoms with Gasteiger partial charge in [0.1, 0.15) is 6.54 Å². The van der Waals surface area contributed by atoms with Crippen molar-refractivity contribution in [2.24, 2.45) is 5.73 Å². The first kappa shape index (κ1) is 11.3. The number of rotatable bonds is 5. The van der Waals surface area contributed by atoms with Crippen molar-refractivity contribution in [2.45, 2.75) is 12.2 Å². The van der Waals surface area contributed by atoms with E-state index in [4.69, 9.17) is 11.0 Å². The van der Waals surface area contributed by atoms with E-state index in [-0.39, 0.29) is 17.7 Å². The van der Waals surface area contributed by atoms with Crippen molar-refractivity contribution < 1.29 is 4.79 Å². The van der Waals surface area contributed by atoms with Crippen molar-refractivity contribution in [3.8, 4) is 6.07 Å². The number of thioether (sulfide) groups is 1. The molecule has 0 saturated carbocycles. The molecule has 5 heteroatoms. The first-order valence-electron chi connectivity index (χ1n) is 3.66. The highest BCUT2D eigenvalue weighted by atomic mass is 32.2. The summed E-state index contributed by atoms with van der Waals surface area (Å²) in [6, 6.07) is 1.83. The maximum absolute atomic E-state index is 10.9. The maximum Gasteiger partial charge on any atom is 0.230 e. The first-order chi connectivity index (χ1) is 5.70. The number of hydrogen-bond acceptors (Lipinski definition) is 4. The number of nitriles is 1. The quantitative estimate of drug-likeness (QED) is 0.579. The highest BCUT2D eigenvalue weighted by molar-refractivity contribution is 8.00. The van der Waals surface area contributed by atoms with E-state index in [9.17, 15) is 4.79 Å². The zero-order valence-corrected chi connectivity index (χ0v) is 7.86. The van der Waals surface area contributed by atoms with Crippen LogP contribution in [-0.2, 0) is 4.79 Å². The highest BCUT2D eigenvalue weighted by Crippen LogP contribution is 2.07. The maximum atomic E-state index is 10.9. The average molecular weight is 187 g/mol. The molecule has 0 aliphatic carbocycles. The van der Waals surface area contributed by atoms with E-state index in [2.05, 4.69) is 5.32 Å². The van der Waals surface area contributed by atoms with E-state index >= 15 is 0 Å². The molecule has 0 aromatic carbocycles. The Bertz CT molecular complexity index is 178. The largest absolute Gasteiger partial charge is 0.342 e. The summed E-state index contributed by atoms with van der Waals surface area (Å²) in [4.78, 5) is 10.9. The Morgan fingerprint density at radius 1 is 1.83 bits per heavy atom. The van der Waals surface area contributed by atoms with Crippen LogP contribution in [0.25, 0.3) is 0 Å². The molecule has 0 spiro atoms. The molecule has 0 radical (unpaired) electrons. The molecule has 68 valence electrons. The van der Waals surface area contributed by atoms with Crippen molar-refractivity contribution in [2.75, 3.05) is 18.8 Å². The Hall–Kier alpha value is -0.730. The van der Waals surface area contributed by atoms with Crippen molar-refractivity contribution >= 4 is 17.7 Å².